The van der Waals surface area contributed by atoms with E-state index in [1.54, 1.807) is 0 Å². The lowest BCUT2D eigenvalue weighted by Gasteiger charge is -2.23. The second kappa shape index (κ2) is 8.42. The van der Waals surface area contributed by atoms with E-state index >= 15 is 0 Å². The van der Waals surface area contributed by atoms with E-state index in [0.717, 1.165) is 12.0 Å². The molecule has 1 aromatic carbocycles. The second-order valence-electron chi connectivity index (χ2n) is 5.19. The predicted molar refractivity (Wildman–Crippen MR) is 81.5 cm³/mol. The van der Waals surface area contributed by atoms with E-state index in [-0.39, 0.29) is 11.8 Å². The third-order valence-corrected chi connectivity index (χ3v) is 3.60. The molecule has 0 unspecified atom stereocenters. The zero-order valence-electron chi connectivity index (χ0n) is 12.8. The molecule has 0 aliphatic rings. The first kappa shape index (κ1) is 17.2. The maximum Gasteiger partial charge on any atom is 0.328 e. The number of carbonyl (C=O) groups excluding carboxylic acids is 2. The van der Waals surface area contributed by atoms with Crippen molar-refractivity contribution >= 4 is 11.9 Å². The van der Waals surface area contributed by atoms with Crippen molar-refractivity contribution in [2.45, 2.75) is 38.8 Å². The van der Waals surface area contributed by atoms with Gasteiger partial charge in [0.15, 0.2) is 0 Å². The maximum absolute atomic E-state index is 12.2. The molecule has 1 amide bonds. The quantitative estimate of drug-likeness (QED) is 0.741. The molecule has 0 saturated carbocycles. The number of carbonyl (C=O) groups is 2. The van der Waals surface area contributed by atoms with Crippen molar-refractivity contribution < 1.29 is 14.3 Å². The highest BCUT2D eigenvalue weighted by atomic mass is 16.5. The van der Waals surface area contributed by atoms with Crippen LogP contribution < -0.4 is 11.1 Å². The van der Waals surface area contributed by atoms with Crippen molar-refractivity contribution in [3.63, 3.8) is 0 Å². The van der Waals surface area contributed by atoms with Crippen molar-refractivity contribution in [1.82, 2.24) is 5.32 Å². The molecule has 3 atom stereocenters. The van der Waals surface area contributed by atoms with Crippen molar-refractivity contribution in [2.75, 3.05) is 7.11 Å². The third-order valence-electron chi connectivity index (χ3n) is 3.60. The average molecular weight is 292 g/mol. The number of nitrogens with two attached hydrogens (primary N) is 1. The van der Waals surface area contributed by atoms with Gasteiger partial charge in [0.1, 0.15) is 6.04 Å². The molecule has 5 nitrogen and oxygen atoms in total. The zero-order chi connectivity index (χ0) is 15.8. The molecule has 1 rings (SSSR count). The van der Waals surface area contributed by atoms with Gasteiger partial charge < -0.3 is 15.8 Å². The van der Waals surface area contributed by atoms with Gasteiger partial charge in [-0.05, 0) is 17.9 Å². The number of benzene rings is 1. The van der Waals surface area contributed by atoms with Crippen LogP contribution >= 0.6 is 0 Å². The highest BCUT2D eigenvalue weighted by Gasteiger charge is 2.28. The van der Waals surface area contributed by atoms with E-state index in [4.69, 9.17) is 10.5 Å². The molecule has 5 heteroatoms. The summed E-state index contributed by atoms with van der Waals surface area (Å²) in [6.07, 6.45) is 1.19. The topological polar surface area (TPSA) is 81.4 Å². The van der Waals surface area contributed by atoms with Crippen LogP contribution in [0.2, 0.25) is 0 Å². The number of methoxy groups -OCH3 is 1. The summed E-state index contributed by atoms with van der Waals surface area (Å²) in [7, 11) is 1.31. The number of nitrogens with one attached hydrogen (secondary N) is 1. The van der Waals surface area contributed by atoms with Gasteiger partial charge in [-0.1, -0.05) is 50.6 Å². The Labute approximate surface area is 125 Å². The van der Waals surface area contributed by atoms with E-state index in [0.29, 0.717) is 6.42 Å². The lowest BCUT2D eigenvalue weighted by Crippen LogP contribution is -2.51. The summed E-state index contributed by atoms with van der Waals surface area (Å²) < 4.78 is 4.74. The SMILES string of the molecule is CC[C@H](C)[C@H](NC(=O)[C@@H](N)Cc1ccccc1)C(=O)OC. The standard InChI is InChI=1S/C16H24N2O3/c1-4-11(2)14(16(20)21-3)18-15(19)13(17)10-12-8-6-5-7-9-12/h5-9,11,13-14H,4,10,17H2,1-3H3,(H,18,19)/t11-,13-,14-/m0/s1. The fourth-order valence-electron chi connectivity index (χ4n) is 2.02. The van der Waals surface area contributed by atoms with Gasteiger partial charge in [-0.25, -0.2) is 4.79 Å². The monoisotopic (exact) mass is 292 g/mol. The Morgan fingerprint density at radius 1 is 1.29 bits per heavy atom. The minimum Gasteiger partial charge on any atom is -0.467 e. The molecule has 116 valence electrons. The number of ether oxygens (including phenoxy) is 1. The van der Waals surface area contributed by atoms with Crippen molar-refractivity contribution in [3.05, 3.63) is 35.9 Å². The second-order valence-corrected chi connectivity index (χ2v) is 5.19. The van der Waals surface area contributed by atoms with Gasteiger partial charge in [0, 0.05) is 0 Å². The Kier molecular flexibility index (Phi) is 6.88. The average Bonchev–Trinajstić information content (AvgIpc) is 2.51. The lowest BCUT2D eigenvalue weighted by molar-refractivity contribution is -0.146. The Balaban J connectivity index is 2.66. The summed E-state index contributed by atoms with van der Waals surface area (Å²) in [4.78, 5) is 23.9. The summed E-state index contributed by atoms with van der Waals surface area (Å²) in [6, 6.07) is 8.19. The van der Waals surface area contributed by atoms with E-state index in [2.05, 4.69) is 5.32 Å². The normalized spacial score (nSPS) is 14.9. The molecule has 0 radical (unpaired) electrons. The van der Waals surface area contributed by atoms with Crippen LogP contribution in [0, 0.1) is 5.92 Å². The molecule has 21 heavy (non-hydrogen) atoms. The van der Waals surface area contributed by atoms with Crippen molar-refractivity contribution in [3.8, 4) is 0 Å². The molecule has 0 heterocycles. The van der Waals surface area contributed by atoms with E-state index in [1.165, 1.54) is 7.11 Å². The largest absolute Gasteiger partial charge is 0.467 e. The first-order valence-corrected chi connectivity index (χ1v) is 7.17. The Morgan fingerprint density at radius 2 is 1.90 bits per heavy atom. The highest BCUT2D eigenvalue weighted by molar-refractivity contribution is 5.87. The smallest absolute Gasteiger partial charge is 0.328 e. The van der Waals surface area contributed by atoms with Crippen LogP contribution in [-0.2, 0) is 20.7 Å². The van der Waals surface area contributed by atoms with Crippen LogP contribution in [-0.4, -0.2) is 31.1 Å². The molecular weight excluding hydrogens is 268 g/mol. The van der Waals surface area contributed by atoms with Gasteiger partial charge in [-0.2, -0.15) is 0 Å². The van der Waals surface area contributed by atoms with Crippen LogP contribution in [0.3, 0.4) is 0 Å². The Bertz CT molecular complexity index is 462. The van der Waals surface area contributed by atoms with E-state index in [9.17, 15) is 9.59 Å². The maximum atomic E-state index is 12.2. The summed E-state index contributed by atoms with van der Waals surface area (Å²) >= 11 is 0. The summed E-state index contributed by atoms with van der Waals surface area (Å²) in [6.45, 7) is 3.85. The molecule has 3 N–H and O–H groups in total. The molecule has 1 aromatic rings. The Morgan fingerprint density at radius 3 is 2.43 bits per heavy atom. The molecule has 0 fully saturated rings. The third kappa shape index (κ3) is 5.19. The van der Waals surface area contributed by atoms with Gasteiger partial charge in [-0.3, -0.25) is 4.79 Å². The summed E-state index contributed by atoms with van der Waals surface area (Å²) in [5.41, 5.74) is 6.90. The van der Waals surface area contributed by atoms with Gasteiger partial charge in [0.25, 0.3) is 0 Å². The Hall–Kier alpha value is -1.88. The highest BCUT2D eigenvalue weighted by Crippen LogP contribution is 2.10. The molecule has 0 bridgehead atoms. The molecular formula is C16H24N2O3. The first-order valence-electron chi connectivity index (χ1n) is 7.17. The predicted octanol–water partition coefficient (Wildman–Crippen LogP) is 1.26. The van der Waals surface area contributed by atoms with Crippen molar-refractivity contribution in [1.29, 1.82) is 0 Å². The van der Waals surface area contributed by atoms with E-state index in [1.807, 2.05) is 44.2 Å². The zero-order valence-corrected chi connectivity index (χ0v) is 12.8. The minimum absolute atomic E-state index is 0.00896. The van der Waals surface area contributed by atoms with Crippen LogP contribution in [0.25, 0.3) is 0 Å². The number of hydrogen-bond acceptors (Lipinski definition) is 4. The molecule has 0 aliphatic heterocycles. The van der Waals surface area contributed by atoms with Crippen LogP contribution in [0.4, 0.5) is 0 Å². The summed E-state index contributed by atoms with van der Waals surface area (Å²) in [5.74, 6) is -0.788. The fourth-order valence-corrected chi connectivity index (χ4v) is 2.02. The number of rotatable bonds is 7. The van der Waals surface area contributed by atoms with Gasteiger partial charge in [0.05, 0.1) is 13.2 Å². The first-order chi connectivity index (χ1) is 9.99. The van der Waals surface area contributed by atoms with Gasteiger partial charge >= 0.3 is 5.97 Å². The number of amides is 1. The molecule has 0 saturated heterocycles. The van der Waals surface area contributed by atoms with Crippen LogP contribution in [0.1, 0.15) is 25.8 Å². The molecule has 0 aromatic heterocycles. The van der Waals surface area contributed by atoms with Crippen LogP contribution in [0.5, 0.6) is 0 Å². The fraction of sp³-hybridized carbons (Fsp3) is 0.500. The number of esters is 1. The molecule has 0 aliphatic carbocycles. The van der Waals surface area contributed by atoms with Crippen molar-refractivity contribution in [2.24, 2.45) is 11.7 Å². The van der Waals surface area contributed by atoms with Gasteiger partial charge in [0.2, 0.25) is 5.91 Å². The number of hydrogen-bond donors (Lipinski definition) is 2. The minimum atomic E-state index is -0.691. The van der Waals surface area contributed by atoms with E-state index < -0.39 is 18.1 Å². The van der Waals surface area contributed by atoms with Gasteiger partial charge in [-0.15, -0.1) is 0 Å². The lowest BCUT2D eigenvalue weighted by atomic mass is 9.98. The van der Waals surface area contributed by atoms with Crippen LogP contribution in [0.15, 0.2) is 30.3 Å². The summed E-state index contributed by atoms with van der Waals surface area (Å²) in [5, 5.41) is 2.70. The molecule has 0 spiro atoms.